The number of aromatic nitrogens is 1. The van der Waals surface area contributed by atoms with Gasteiger partial charge in [-0.3, -0.25) is 7.05 Å². The van der Waals surface area contributed by atoms with Gasteiger partial charge in [-0.15, -0.1) is 0 Å². The fourth-order valence-corrected chi connectivity index (χ4v) is 1.43. The Balaban J connectivity index is 2.08. The summed E-state index contributed by atoms with van der Waals surface area (Å²) in [7, 11) is 3.97. The van der Waals surface area contributed by atoms with Crippen molar-refractivity contribution < 1.29 is 0 Å². The molecule has 0 fully saturated rings. The summed E-state index contributed by atoms with van der Waals surface area (Å²) < 4.78 is 0. The zero-order valence-electron chi connectivity index (χ0n) is 8.50. The van der Waals surface area contributed by atoms with E-state index >= 15 is 0 Å². The van der Waals surface area contributed by atoms with E-state index in [1.807, 2.05) is 41.3 Å². The molecule has 2 rings (SSSR count). The third kappa shape index (κ3) is 2.56. The van der Waals surface area contributed by atoms with Crippen LogP contribution in [0.3, 0.4) is 0 Å². The molecule has 1 aromatic carbocycles. The second-order valence-electron chi connectivity index (χ2n) is 3.37. The standard InChI is InChI=1S/C13H13N2/c1-15(13-9-5-6-10-14-13)11-12-7-3-2-4-8-12/h2-10H,1,11H2/q-1. The fraction of sp³-hybridized carbons (Fsp3) is 0.0769. The Labute approximate surface area is 90.2 Å². The van der Waals surface area contributed by atoms with Crippen LogP contribution < -0.4 is 4.90 Å². The van der Waals surface area contributed by atoms with Crippen LogP contribution in [0.25, 0.3) is 0 Å². The SMILES string of the molecule is [CH2-]N(Cc1ccccc1)c1ccccn1. The lowest BCUT2D eigenvalue weighted by Gasteiger charge is -2.26. The molecule has 0 amide bonds. The van der Waals surface area contributed by atoms with Crippen LogP contribution in [0.2, 0.25) is 0 Å². The van der Waals surface area contributed by atoms with Gasteiger partial charge in [0.25, 0.3) is 0 Å². The number of benzene rings is 1. The molecule has 0 N–H and O–H groups in total. The summed E-state index contributed by atoms with van der Waals surface area (Å²) in [5.41, 5.74) is 1.23. The Hall–Kier alpha value is -1.83. The van der Waals surface area contributed by atoms with Crippen LogP contribution in [0.1, 0.15) is 5.56 Å². The summed E-state index contributed by atoms with van der Waals surface area (Å²) in [5, 5.41) is 0. The highest BCUT2D eigenvalue weighted by Gasteiger charge is 1.95. The van der Waals surface area contributed by atoms with E-state index in [-0.39, 0.29) is 0 Å². The molecule has 2 heteroatoms. The zero-order chi connectivity index (χ0) is 10.5. The first-order chi connectivity index (χ1) is 7.36. The first kappa shape index (κ1) is 9.71. The summed E-state index contributed by atoms with van der Waals surface area (Å²) >= 11 is 0. The Kier molecular flexibility index (Phi) is 2.98. The average molecular weight is 197 g/mol. The highest BCUT2D eigenvalue weighted by molar-refractivity contribution is 5.39. The molecule has 0 atom stereocenters. The van der Waals surface area contributed by atoms with Gasteiger partial charge in [0, 0.05) is 12.7 Å². The molecule has 0 bridgehead atoms. The molecule has 0 unspecified atom stereocenters. The van der Waals surface area contributed by atoms with Crippen molar-refractivity contribution in [1.82, 2.24) is 4.98 Å². The van der Waals surface area contributed by atoms with Gasteiger partial charge in [0.2, 0.25) is 0 Å². The van der Waals surface area contributed by atoms with Gasteiger partial charge in [-0.2, -0.15) is 0 Å². The van der Waals surface area contributed by atoms with E-state index in [0.717, 1.165) is 12.4 Å². The van der Waals surface area contributed by atoms with E-state index in [2.05, 4.69) is 24.2 Å². The average Bonchev–Trinajstić information content (AvgIpc) is 2.31. The van der Waals surface area contributed by atoms with Crippen LogP contribution in [-0.4, -0.2) is 4.98 Å². The molecule has 0 radical (unpaired) electrons. The van der Waals surface area contributed by atoms with E-state index in [1.165, 1.54) is 5.56 Å². The van der Waals surface area contributed by atoms with Crippen LogP contribution in [0, 0.1) is 7.05 Å². The number of nitrogens with zero attached hydrogens (tertiary/aromatic N) is 2. The van der Waals surface area contributed by atoms with Crippen LogP contribution in [0.4, 0.5) is 5.82 Å². The van der Waals surface area contributed by atoms with Gasteiger partial charge in [-0.25, -0.2) is 4.98 Å². The molecule has 2 nitrogen and oxygen atoms in total. The Morgan fingerprint density at radius 1 is 1.00 bits per heavy atom. The number of pyridine rings is 1. The molecule has 0 saturated carbocycles. The largest absolute Gasteiger partial charge is 0.506 e. The van der Waals surface area contributed by atoms with E-state index in [4.69, 9.17) is 0 Å². The molecule has 76 valence electrons. The van der Waals surface area contributed by atoms with Crippen LogP contribution in [0.15, 0.2) is 54.7 Å². The van der Waals surface area contributed by atoms with Gasteiger partial charge in [-0.05, 0) is 17.7 Å². The molecule has 0 spiro atoms. The van der Waals surface area contributed by atoms with Crippen molar-refractivity contribution in [2.45, 2.75) is 6.54 Å². The summed E-state index contributed by atoms with van der Waals surface area (Å²) in [5.74, 6) is 0.890. The van der Waals surface area contributed by atoms with Gasteiger partial charge in [0.1, 0.15) is 0 Å². The van der Waals surface area contributed by atoms with Gasteiger partial charge in [-0.1, -0.05) is 36.4 Å². The molecule has 1 heterocycles. The molecule has 15 heavy (non-hydrogen) atoms. The molecule has 0 saturated heterocycles. The minimum absolute atomic E-state index is 0.776. The second kappa shape index (κ2) is 4.60. The second-order valence-corrected chi connectivity index (χ2v) is 3.37. The molecular weight excluding hydrogens is 184 g/mol. The predicted molar refractivity (Wildman–Crippen MR) is 62.2 cm³/mol. The van der Waals surface area contributed by atoms with Crippen molar-refractivity contribution in [1.29, 1.82) is 0 Å². The van der Waals surface area contributed by atoms with E-state index in [1.54, 1.807) is 6.20 Å². The topological polar surface area (TPSA) is 16.1 Å². The van der Waals surface area contributed by atoms with Crippen LogP contribution in [0.5, 0.6) is 0 Å². The lowest BCUT2D eigenvalue weighted by atomic mass is 10.2. The maximum atomic E-state index is 4.24. The lowest BCUT2D eigenvalue weighted by molar-refractivity contribution is 0.937. The summed E-state index contributed by atoms with van der Waals surface area (Å²) in [4.78, 5) is 6.12. The van der Waals surface area contributed by atoms with Crippen LogP contribution >= 0.6 is 0 Å². The molecule has 0 aliphatic rings. The van der Waals surface area contributed by atoms with Gasteiger partial charge in [0.05, 0.1) is 5.82 Å². The monoisotopic (exact) mass is 197 g/mol. The normalized spacial score (nSPS) is 9.93. The number of rotatable bonds is 3. The van der Waals surface area contributed by atoms with E-state index in [9.17, 15) is 0 Å². The molecule has 1 aromatic heterocycles. The van der Waals surface area contributed by atoms with Crippen molar-refractivity contribution >= 4 is 5.82 Å². The van der Waals surface area contributed by atoms with E-state index in [0.29, 0.717) is 0 Å². The van der Waals surface area contributed by atoms with Crippen molar-refractivity contribution in [3.8, 4) is 0 Å². The maximum absolute atomic E-state index is 4.24. The van der Waals surface area contributed by atoms with Crippen molar-refractivity contribution in [2.75, 3.05) is 4.90 Å². The summed E-state index contributed by atoms with van der Waals surface area (Å²) in [6, 6.07) is 16.1. The Morgan fingerprint density at radius 3 is 2.40 bits per heavy atom. The van der Waals surface area contributed by atoms with E-state index < -0.39 is 0 Å². The smallest absolute Gasteiger partial charge is 0.0986 e. The maximum Gasteiger partial charge on any atom is 0.0986 e. The predicted octanol–water partition coefficient (Wildman–Crippen LogP) is 2.88. The van der Waals surface area contributed by atoms with Gasteiger partial charge in [0.15, 0.2) is 0 Å². The zero-order valence-corrected chi connectivity index (χ0v) is 8.50. The molecule has 2 aromatic rings. The van der Waals surface area contributed by atoms with Gasteiger partial charge < -0.3 is 4.90 Å². The first-order valence-corrected chi connectivity index (χ1v) is 4.89. The third-order valence-corrected chi connectivity index (χ3v) is 2.19. The van der Waals surface area contributed by atoms with Gasteiger partial charge >= 0.3 is 0 Å². The fourth-order valence-electron chi connectivity index (χ4n) is 1.43. The Morgan fingerprint density at radius 2 is 1.73 bits per heavy atom. The number of hydrogen-bond acceptors (Lipinski definition) is 2. The molecular formula is C13H13N2-. The van der Waals surface area contributed by atoms with Crippen molar-refractivity contribution in [2.24, 2.45) is 0 Å². The number of hydrogen-bond donors (Lipinski definition) is 0. The number of anilines is 1. The molecule has 0 aliphatic carbocycles. The summed E-state index contributed by atoms with van der Waals surface area (Å²) in [6.07, 6.45) is 1.78. The highest BCUT2D eigenvalue weighted by atomic mass is 15.2. The minimum Gasteiger partial charge on any atom is -0.506 e. The quantitative estimate of drug-likeness (QED) is 0.703. The Bertz CT molecular complexity index is 397. The molecule has 0 aliphatic heterocycles. The van der Waals surface area contributed by atoms with Crippen molar-refractivity contribution in [3.63, 3.8) is 0 Å². The highest BCUT2D eigenvalue weighted by Crippen LogP contribution is 2.11. The summed E-state index contributed by atoms with van der Waals surface area (Å²) in [6.45, 7) is 0.776. The van der Waals surface area contributed by atoms with Crippen LogP contribution in [-0.2, 0) is 6.54 Å². The third-order valence-electron chi connectivity index (χ3n) is 2.19. The lowest BCUT2D eigenvalue weighted by Crippen LogP contribution is -2.14. The minimum atomic E-state index is 0.776. The van der Waals surface area contributed by atoms with Crippen molar-refractivity contribution in [3.05, 3.63) is 67.3 Å². The first-order valence-electron chi connectivity index (χ1n) is 4.89.